The normalized spacial score (nSPS) is 34.1. The zero-order valence-corrected chi connectivity index (χ0v) is 13.5. The first-order valence-corrected chi connectivity index (χ1v) is 9.36. The average molecular weight is 299 g/mol. The molecule has 0 spiro atoms. The molecule has 116 valence electrons. The Hall–Kier alpha value is -0.220. The minimum absolute atomic E-state index is 0.171. The van der Waals surface area contributed by atoms with Gasteiger partial charge in [0.25, 0.3) is 0 Å². The first kappa shape index (κ1) is 16.2. The molecular weight excluding hydrogens is 270 g/mol. The van der Waals surface area contributed by atoms with Crippen LogP contribution in [0, 0.1) is 11.8 Å². The van der Waals surface area contributed by atoms with Crippen molar-refractivity contribution < 1.29 is 9.90 Å². The second-order valence-electron chi connectivity index (χ2n) is 6.60. The summed E-state index contributed by atoms with van der Waals surface area (Å²) in [7, 11) is 0. The van der Waals surface area contributed by atoms with Crippen molar-refractivity contribution in [2.45, 2.75) is 63.9 Å². The Morgan fingerprint density at radius 3 is 2.70 bits per heavy atom. The molecular formula is C16H29NO2S. The van der Waals surface area contributed by atoms with Crippen LogP contribution in [0.2, 0.25) is 0 Å². The zero-order valence-electron chi connectivity index (χ0n) is 12.7. The van der Waals surface area contributed by atoms with E-state index in [2.05, 4.69) is 12.2 Å². The second-order valence-corrected chi connectivity index (χ2v) is 7.71. The molecule has 1 unspecified atom stereocenters. The number of aliphatic hydroxyl groups is 1. The van der Waals surface area contributed by atoms with E-state index in [0.29, 0.717) is 6.54 Å². The number of thioether (sulfide) groups is 1. The smallest absolute Gasteiger partial charge is 0.223 e. The predicted octanol–water partition coefficient (Wildman–Crippen LogP) is 2.97. The van der Waals surface area contributed by atoms with E-state index >= 15 is 0 Å². The average Bonchev–Trinajstić information content (AvgIpc) is 2.90. The molecule has 4 heteroatoms. The molecule has 0 radical (unpaired) electrons. The van der Waals surface area contributed by atoms with Crippen LogP contribution in [-0.2, 0) is 4.79 Å². The topological polar surface area (TPSA) is 49.3 Å². The van der Waals surface area contributed by atoms with Gasteiger partial charge in [0.15, 0.2) is 0 Å². The molecule has 1 saturated heterocycles. The Morgan fingerprint density at radius 2 is 2.10 bits per heavy atom. The largest absolute Gasteiger partial charge is 0.387 e. The zero-order chi connectivity index (χ0) is 14.4. The lowest BCUT2D eigenvalue weighted by molar-refractivity contribution is -0.127. The number of unbranched alkanes of at least 4 members (excludes halogenated alkanes) is 1. The monoisotopic (exact) mass is 299 g/mol. The maximum absolute atomic E-state index is 12.2. The van der Waals surface area contributed by atoms with Crippen molar-refractivity contribution in [3.63, 3.8) is 0 Å². The van der Waals surface area contributed by atoms with E-state index in [0.717, 1.165) is 36.7 Å². The summed E-state index contributed by atoms with van der Waals surface area (Å²) in [4.78, 5) is 12.2. The van der Waals surface area contributed by atoms with Crippen LogP contribution in [0.4, 0.5) is 0 Å². The second kappa shape index (κ2) is 7.69. The van der Waals surface area contributed by atoms with Gasteiger partial charge in [0.1, 0.15) is 0 Å². The molecule has 2 aliphatic rings. The summed E-state index contributed by atoms with van der Waals surface area (Å²) in [6, 6.07) is 0. The summed E-state index contributed by atoms with van der Waals surface area (Å²) >= 11 is 1.77. The quantitative estimate of drug-likeness (QED) is 0.793. The summed E-state index contributed by atoms with van der Waals surface area (Å²) in [6.07, 6.45) is 9.23. The van der Waals surface area contributed by atoms with Gasteiger partial charge in [0.05, 0.1) is 5.60 Å². The molecule has 2 N–H and O–H groups in total. The molecule has 1 aliphatic heterocycles. The molecule has 2 rings (SSSR count). The summed E-state index contributed by atoms with van der Waals surface area (Å²) < 4.78 is 0. The van der Waals surface area contributed by atoms with Crippen LogP contribution in [0.25, 0.3) is 0 Å². The van der Waals surface area contributed by atoms with Gasteiger partial charge in [0.2, 0.25) is 5.91 Å². The molecule has 3 nitrogen and oxygen atoms in total. The van der Waals surface area contributed by atoms with Gasteiger partial charge < -0.3 is 10.4 Å². The third-order valence-corrected chi connectivity index (χ3v) is 6.09. The van der Waals surface area contributed by atoms with Crippen LogP contribution >= 0.6 is 11.8 Å². The summed E-state index contributed by atoms with van der Waals surface area (Å²) in [6.45, 7) is 2.68. The van der Waals surface area contributed by atoms with Crippen molar-refractivity contribution in [2.75, 3.05) is 18.1 Å². The lowest BCUT2D eigenvalue weighted by Crippen LogP contribution is -2.45. The van der Waals surface area contributed by atoms with Gasteiger partial charge in [0, 0.05) is 18.2 Å². The third kappa shape index (κ3) is 4.66. The van der Waals surface area contributed by atoms with Gasteiger partial charge in [-0.3, -0.25) is 4.79 Å². The van der Waals surface area contributed by atoms with Crippen molar-refractivity contribution in [1.29, 1.82) is 0 Å². The number of carbonyl (C=O) groups excluding carboxylic acids is 1. The van der Waals surface area contributed by atoms with E-state index in [4.69, 9.17) is 0 Å². The summed E-state index contributed by atoms with van der Waals surface area (Å²) in [5.41, 5.74) is -0.654. The maximum atomic E-state index is 12.2. The number of rotatable bonds is 6. The third-order valence-electron chi connectivity index (χ3n) is 4.86. The van der Waals surface area contributed by atoms with Crippen LogP contribution in [0.3, 0.4) is 0 Å². The number of carbonyl (C=O) groups is 1. The Labute approximate surface area is 127 Å². The molecule has 1 aliphatic carbocycles. The molecule has 1 saturated carbocycles. The van der Waals surface area contributed by atoms with E-state index in [1.54, 1.807) is 11.8 Å². The SMILES string of the molecule is CCCCC1CCC(C(=O)NCC2(O)CCSC2)CC1. The number of amides is 1. The lowest BCUT2D eigenvalue weighted by atomic mass is 9.79. The molecule has 0 bridgehead atoms. The highest BCUT2D eigenvalue weighted by Crippen LogP contribution is 2.32. The highest BCUT2D eigenvalue weighted by molar-refractivity contribution is 7.99. The highest BCUT2D eigenvalue weighted by Gasteiger charge is 2.33. The Kier molecular flexibility index (Phi) is 6.21. The minimum atomic E-state index is -0.654. The van der Waals surface area contributed by atoms with Crippen LogP contribution in [0.1, 0.15) is 58.3 Å². The van der Waals surface area contributed by atoms with Gasteiger partial charge >= 0.3 is 0 Å². The van der Waals surface area contributed by atoms with Crippen molar-refractivity contribution in [3.8, 4) is 0 Å². The fourth-order valence-electron chi connectivity index (χ4n) is 3.34. The van der Waals surface area contributed by atoms with Crippen LogP contribution in [-0.4, -0.2) is 34.7 Å². The Bertz CT molecular complexity index is 308. The van der Waals surface area contributed by atoms with Crippen molar-refractivity contribution in [1.82, 2.24) is 5.32 Å². The first-order chi connectivity index (χ1) is 9.63. The molecule has 0 aromatic heterocycles. The van der Waals surface area contributed by atoms with Crippen molar-refractivity contribution >= 4 is 17.7 Å². The standard InChI is InChI=1S/C16H29NO2S/c1-2-3-4-13-5-7-14(8-6-13)15(18)17-11-16(19)9-10-20-12-16/h13-14,19H,2-12H2,1H3,(H,17,18). The van der Waals surface area contributed by atoms with Crippen molar-refractivity contribution in [2.24, 2.45) is 11.8 Å². The van der Waals surface area contributed by atoms with E-state index in [9.17, 15) is 9.90 Å². The van der Waals surface area contributed by atoms with Crippen LogP contribution < -0.4 is 5.32 Å². The molecule has 20 heavy (non-hydrogen) atoms. The van der Waals surface area contributed by atoms with Crippen LogP contribution in [0.15, 0.2) is 0 Å². The van der Waals surface area contributed by atoms with Gasteiger partial charge in [-0.1, -0.05) is 26.2 Å². The van der Waals surface area contributed by atoms with E-state index in [1.165, 1.54) is 32.1 Å². The van der Waals surface area contributed by atoms with E-state index < -0.39 is 5.60 Å². The number of nitrogens with one attached hydrogen (secondary N) is 1. The van der Waals surface area contributed by atoms with Crippen molar-refractivity contribution in [3.05, 3.63) is 0 Å². The molecule has 2 fully saturated rings. The molecule has 0 aromatic rings. The van der Waals surface area contributed by atoms with E-state index in [-0.39, 0.29) is 11.8 Å². The molecule has 1 amide bonds. The Morgan fingerprint density at radius 1 is 1.35 bits per heavy atom. The number of hydrogen-bond acceptors (Lipinski definition) is 3. The van der Waals surface area contributed by atoms with Gasteiger partial charge in [-0.25, -0.2) is 0 Å². The number of hydrogen-bond donors (Lipinski definition) is 2. The minimum Gasteiger partial charge on any atom is -0.387 e. The van der Waals surface area contributed by atoms with Gasteiger partial charge in [-0.15, -0.1) is 0 Å². The molecule has 0 aromatic carbocycles. The Balaban J connectivity index is 1.66. The first-order valence-electron chi connectivity index (χ1n) is 8.21. The van der Waals surface area contributed by atoms with Crippen LogP contribution in [0.5, 0.6) is 0 Å². The van der Waals surface area contributed by atoms with Gasteiger partial charge in [-0.05, 0) is 43.8 Å². The summed E-state index contributed by atoms with van der Waals surface area (Å²) in [5.74, 6) is 2.97. The lowest BCUT2D eigenvalue weighted by Gasteiger charge is -2.29. The maximum Gasteiger partial charge on any atom is 0.223 e. The highest BCUT2D eigenvalue weighted by atomic mass is 32.2. The fourth-order valence-corrected chi connectivity index (χ4v) is 4.63. The van der Waals surface area contributed by atoms with E-state index in [1.807, 2.05) is 0 Å². The molecule has 1 heterocycles. The predicted molar refractivity (Wildman–Crippen MR) is 84.9 cm³/mol. The summed E-state index contributed by atoms with van der Waals surface area (Å²) in [5, 5.41) is 13.2. The fraction of sp³-hybridized carbons (Fsp3) is 0.938. The molecule has 1 atom stereocenters. The van der Waals surface area contributed by atoms with Gasteiger partial charge in [-0.2, -0.15) is 11.8 Å².